The molecule has 6 heteroatoms. The largest absolute Gasteiger partial charge is 0.550 e. The molecule has 126 valence electrons. The van der Waals surface area contributed by atoms with Crippen molar-refractivity contribution in [2.75, 3.05) is 5.32 Å². The Morgan fingerprint density at radius 1 is 1.17 bits per heavy atom. The van der Waals surface area contributed by atoms with Gasteiger partial charge in [-0.1, -0.05) is 42.7 Å². The van der Waals surface area contributed by atoms with Crippen molar-refractivity contribution in [3.63, 3.8) is 0 Å². The summed E-state index contributed by atoms with van der Waals surface area (Å²) in [6.07, 6.45) is 2.79. The molecule has 0 radical (unpaired) electrons. The lowest BCUT2D eigenvalue weighted by Crippen LogP contribution is -2.42. The first-order chi connectivity index (χ1) is 11.5. The number of carbonyl (C=O) groups is 2. The Labute approximate surface area is 144 Å². The number of anilines is 1. The number of carbonyl (C=O) groups excluding carboxylic acids is 2. The van der Waals surface area contributed by atoms with Gasteiger partial charge in [0.05, 0.1) is 5.69 Å². The number of nitrogens with one attached hydrogen (secondary N) is 1. The van der Waals surface area contributed by atoms with Gasteiger partial charge >= 0.3 is 0 Å². The molecule has 5 nitrogen and oxygen atoms in total. The van der Waals surface area contributed by atoms with Gasteiger partial charge in [0.2, 0.25) is 5.91 Å². The minimum atomic E-state index is -1.13. The fraction of sp³-hybridized carbons (Fsp3) is 0.389. The minimum Gasteiger partial charge on any atom is -0.550 e. The summed E-state index contributed by atoms with van der Waals surface area (Å²) in [7, 11) is 0. The average molecular weight is 343 g/mol. The molecule has 1 aliphatic carbocycles. The molecule has 1 fully saturated rings. The molecular weight excluding hydrogens is 324 g/mol. The molecule has 0 spiro atoms. The van der Waals surface area contributed by atoms with Crippen molar-refractivity contribution in [2.45, 2.75) is 32.6 Å². The van der Waals surface area contributed by atoms with E-state index in [0.717, 1.165) is 24.1 Å². The third-order valence-electron chi connectivity index (χ3n) is 4.49. The van der Waals surface area contributed by atoms with Gasteiger partial charge in [0.25, 0.3) is 0 Å². The zero-order valence-corrected chi connectivity index (χ0v) is 14.3. The second kappa shape index (κ2) is 7.13. The van der Waals surface area contributed by atoms with E-state index >= 15 is 0 Å². The summed E-state index contributed by atoms with van der Waals surface area (Å²) in [5.41, 5.74) is 2.96. The topological polar surface area (TPSA) is 82.1 Å². The lowest BCUT2D eigenvalue weighted by atomic mass is 9.79. The molecular formula is C18H19N2O3S-. The van der Waals surface area contributed by atoms with Gasteiger partial charge in [-0.15, -0.1) is 11.3 Å². The van der Waals surface area contributed by atoms with Crippen LogP contribution in [0.2, 0.25) is 0 Å². The molecule has 1 heterocycles. The van der Waals surface area contributed by atoms with E-state index in [1.54, 1.807) is 0 Å². The SMILES string of the molecule is Cc1ccc(-c2csc(NC(=O)[C@@H]3CCCC[C@H]3C(=O)[O-])n2)cc1. The maximum atomic E-state index is 12.4. The number of thiazole rings is 1. The van der Waals surface area contributed by atoms with Crippen LogP contribution in [0.1, 0.15) is 31.2 Å². The number of carboxylic acids is 1. The van der Waals surface area contributed by atoms with E-state index < -0.39 is 17.8 Å². The predicted molar refractivity (Wildman–Crippen MR) is 91.4 cm³/mol. The van der Waals surface area contributed by atoms with Crippen molar-refractivity contribution >= 4 is 28.3 Å². The summed E-state index contributed by atoms with van der Waals surface area (Å²) < 4.78 is 0. The molecule has 1 saturated carbocycles. The van der Waals surface area contributed by atoms with E-state index in [1.165, 1.54) is 16.9 Å². The highest BCUT2D eigenvalue weighted by atomic mass is 32.1. The zero-order valence-electron chi connectivity index (χ0n) is 13.5. The maximum Gasteiger partial charge on any atom is 0.229 e. The number of hydrogen-bond donors (Lipinski definition) is 1. The predicted octanol–water partition coefficient (Wildman–Crippen LogP) is 2.61. The third kappa shape index (κ3) is 3.64. The summed E-state index contributed by atoms with van der Waals surface area (Å²) in [5.74, 6) is -2.63. The first-order valence-electron chi connectivity index (χ1n) is 8.09. The minimum absolute atomic E-state index is 0.270. The fourth-order valence-corrected chi connectivity index (χ4v) is 3.84. The average Bonchev–Trinajstić information content (AvgIpc) is 3.04. The normalized spacial score (nSPS) is 20.5. The van der Waals surface area contributed by atoms with Crippen molar-refractivity contribution < 1.29 is 14.7 Å². The van der Waals surface area contributed by atoms with E-state index in [0.29, 0.717) is 18.0 Å². The Hall–Kier alpha value is -2.21. The van der Waals surface area contributed by atoms with Gasteiger partial charge in [0.1, 0.15) is 0 Å². The molecule has 1 aromatic carbocycles. The van der Waals surface area contributed by atoms with E-state index in [1.807, 2.05) is 36.6 Å². The third-order valence-corrected chi connectivity index (χ3v) is 5.24. The summed E-state index contributed by atoms with van der Waals surface area (Å²) in [6.45, 7) is 2.02. The van der Waals surface area contributed by atoms with Gasteiger partial charge in [-0.3, -0.25) is 4.79 Å². The van der Waals surface area contributed by atoms with E-state index in [-0.39, 0.29) is 5.91 Å². The van der Waals surface area contributed by atoms with Crippen molar-refractivity contribution in [3.05, 3.63) is 35.2 Å². The molecule has 2 aromatic rings. The molecule has 1 amide bonds. The molecule has 1 N–H and O–H groups in total. The smallest absolute Gasteiger partial charge is 0.229 e. The summed E-state index contributed by atoms with van der Waals surface area (Å²) in [4.78, 5) is 28.1. The van der Waals surface area contributed by atoms with Crippen molar-refractivity contribution in [1.29, 1.82) is 0 Å². The van der Waals surface area contributed by atoms with Crippen molar-refractivity contribution in [1.82, 2.24) is 4.98 Å². The lowest BCUT2D eigenvalue weighted by molar-refractivity contribution is -0.313. The summed E-state index contributed by atoms with van der Waals surface area (Å²) in [6, 6.07) is 8.01. The maximum absolute atomic E-state index is 12.4. The van der Waals surface area contributed by atoms with Crippen LogP contribution < -0.4 is 10.4 Å². The van der Waals surface area contributed by atoms with Crippen LogP contribution in [-0.4, -0.2) is 16.9 Å². The Kier molecular flexibility index (Phi) is 4.94. The van der Waals surface area contributed by atoms with Gasteiger partial charge in [-0.05, 0) is 19.8 Å². The van der Waals surface area contributed by atoms with Crippen LogP contribution >= 0.6 is 11.3 Å². The molecule has 0 saturated heterocycles. The van der Waals surface area contributed by atoms with Crippen LogP contribution in [0.15, 0.2) is 29.6 Å². The number of benzene rings is 1. The number of aryl methyl sites for hydroxylation is 1. The molecule has 3 rings (SSSR count). The second-order valence-electron chi connectivity index (χ2n) is 6.21. The number of aromatic nitrogens is 1. The summed E-state index contributed by atoms with van der Waals surface area (Å²) >= 11 is 1.34. The lowest BCUT2D eigenvalue weighted by Gasteiger charge is -2.30. The standard InChI is InChI=1S/C18H20N2O3S/c1-11-6-8-12(9-7-11)15-10-24-18(19-15)20-16(21)13-4-2-3-5-14(13)17(22)23/h6-10,13-14H,2-5H2,1H3,(H,22,23)(H,19,20,21)/p-1/t13-,14-/m1/s1. The van der Waals surface area contributed by atoms with Crippen LogP contribution in [0.4, 0.5) is 5.13 Å². The highest BCUT2D eigenvalue weighted by Crippen LogP contribution is 2.32. The van der Waals surface area contributed by atoms with Gasteiger partial charge in [0, 0.05) is 28.7 Å². The number of rotatable bonds is 4. The van der Waals surface area contributed by atoms with Crippen molar-refractivity contribution in [2.24, 2.45) is 11.8 Å². The monoisotopic (exact) mass is 343 g/mol. The van der Waals surface area contributed by atoms with Gasteiger partial charge in [0.15, 0.2) is 5.13 Å². The number of aliphatic carboxylic acids is 1. The van der Waals surface area contributed by atoms with Crippen LogP contribution in [0.3, 0.4) is 0 Å². The Morgan fingerprint density at radius 2 is 1.83 bits per heavy atom. The number of carboxylic acid groups (broad SMARTS) is 1. The highest BCUT2D eigenvalue weighted by molar-refractivity contribution is 7.14. The molecule has 2 atom stereocenters. The zero-order chi connectivity index (χ0) is 17.1. The van der Waals surface area contributed by atoms with Gasteiger partial charge < -0.3 is 15.2 Å². The van der Waals surface area contributed by atoms with Gasteiger partial charge in [-0.25, -0.2) is 4.98 Å². The fourth-order valence-electron chi connectivity index (χ4n) is 3.11. The number of hydrogen-bond acceptors (Lipinski definition) is 5. The Morgan fingerprint density at radius 3 is 2.50 bits per heavy atom. The number of nitrogens with zero attached hydrogens (tertiary/aromatic N) is 1. The number of amides is 1. The first-order valence-corrected chi connectivity index (χ1v) is 8.97. The first kappa shape index (κ1) is 16.6. The quantitative estimate of drug-likeness (QED) is 0.925. The second-order valence-corrected chi connectivity index (χ2v) is 7.07. The molecule has 1 aliphatic rings. The molecule has 0 unspecified atom stereocenters. The Bertz CT molecular complexity index is 739. The molecule has 24 heavy (non-hydrogen) atoms. The van der Waals surface area contributed by atoms with Crippen LogP contribution in [0, 0.1) is 18.8 Å². The molecule has 0 aliphatic heterocycles. The summed E-state index contributed by atoms with van der Waals surface area (Å²) in [5, 5.41) is 16.4. The molecule has 0 bridgehead atoms. The van der Waals surface area contributed by atoms with E-state index in [2.05, 4.69) is 10.3 Å². The van der Waals surface area contributed by atoms with Crippen molar-refractivity contribution in [3.8, 4) is 11.3 Å². The van der Waals surface area contributed by atoms with Crippen LogP contribution in [0.25, 0.3) is 11.3 Å². The van der Waals surface area contributed by atoms with Gasteiger partial charge in [-0.2, -0.15) is 0 Å². The molecule has 1 aromatic heterocycles. The van der Waals surface area contributed by atoms with Crippen LogP contribution in [0.5, 0.6) is 0 Å². The highest BCUT2D eigenvalue weighted by Gasteiger charge is 2.32. The Balaban J connectivity index is 1.70. The van der Waals surface area contributed by atoms with E-state index in [9.17, 15) is 14.7 Å². The van der Waals surface area contributed by atoms with Crippen LogP contribution in [-0.2, 0) is 9.59 Å². The van der Waals surface area contributed by atoms with E-state index in [4.69, 9.17) is 0 Å².